The lowest BCUT2D eigenvalue weighted by Crippen LogP contribution is -2.34. The smallest absolute Gasteiger partial charge is 0.165 e. The van der Waals surface area contributed by atoms with Crippen molar-refractivity contribution >= 4 is 16.7 Å². The summed E-state index contributed by atoms with van der Waals surface area (Å²) in [6, 6.07) is 5.93. The number of fused-ring (bicyclic) bond motifs is 1. The number of carbonyl (C=O) groups is 1. The zero-order valence-electron chi connectivity index (χ0n) is 16.1. The molecule has 3 rings (SSSR count). The topological polar surface area (TPSA) is 47.4 Å². The molecular weight excluding hydrogens is 326 g/mol. The second-order valence-corrected chi connectivity index (χ2v) is 7.32. The molecule has 0 N–H and O–H groups in total. The molecule has 1 aliphatic rings. The van der Waals surface area contributed by atoms with Crippen molar-refractivity contribution in [2.45, 2.75) is 45.6 Å². The minimum absolute atomic E-state index is 0.236. The number of hydrogen-bond acceptors (Lipinski definition) is 4. The van der Waals surface area contributed by atoms with Crippen molar-refractivity contribution < 1.29 is 9.53 Å². The van der Waals surface area contributed by atoms with Gasteiger partial charge in [-0.25, -0.2) is 0 Å². The molecule has 0 spiro atoms. The molecule has 5 heteroatoms. The molecule has 142 valence electrons. The van der Waals surface area contributed by atoms with Crippen LogP contribution in [0.5, 0.6) is 0 Å². The number of methoxy groups -OCH3 is 1. The fourth-order valence-corrected chi connectivity index (χ4v) is 3.88. The Bertz CT molecular complexity index is 717. The summed E-state index contributed by atoms with van der Waals surface area (Å²) in [4.78, 5) is 15.3. The van der Waals surface area contributed by atoms with E-state index in [0.29, 0.717) is 12.3 Å². The van der Waals surface area contributed by atoms with Gasteiger partial charge in [0, 0.05) is 50.4 Å². The van der Waals surface area contributed by atoms with Gasteiger partial charge in [0.15, 0.2) is 5.78 Å². The molecule has 0 unspecified atom stereocenters. The summed E-state index contributed by atoms with van der Waals surface area (Å²) in [6.07, 6.45) is 7.16. The number of hydrogen-bond donors (Lipinski definition) is 0. The highest BCUT2D eigenvalue weighted by atomic mass is 16.5. The van der Waals surface area contributed by atoms with Crippen LogP contribution in [0.15, 0.2) is 24.4 Å². The summed E-state index contributed by atoms with van der Waals surface area (Å²) in [7, 11) is 1.76. The quantitative estimate of drug-likeness (QED) is 0.506. The van der Waals surface area contributed by atoms with Crippen LogP contribution in [-0.2, 0) is 11.3 Å². The van der Waals surface area contributed by atoms with E-state index < -0.39 is 0 Å². The van der Waals surface area contributed by atoms with Crippen molar-refractivity contribution in [3.63, 3.8) is 0 Å². The van der Waals surface area contributed by atoms with E-state index in [0.717, 1.165) is 62.1 Å². The Balaban J connectivity index is 1.50. The molecule has 5 nitrogen and oxygen atoms in total. The Morgan fingerprint density at radius 3 is 2.85 bits per heavy atom. The minimum Gasteiger partial charge on any atom is -0.385 e. The maximum Gasteiger partial charge on any atom is 0.165 e. The maximum atomic E-state index is 12.8. The number of rotatable bonds is 9. The number of ether oxygens (including phenoxy) is 1. The minimum atomic E-state index is 0.236. The fraction of sp³-hybridized carbons (Fsp3) is 0.619. The van der Waals surface area contributed by atoms with Crippen molar-refractivity contribution in [1.82, 2.24) is 14.7 Å². The monoisotopic (exact) mass is 357 g/mol. The first-order valence-corrected chi connectivity index (χ1v) is 9.92. The van der Waals surface area contributed by atoms with Crippen LogP contribution in [0.3, 0.4) is 0 Å². The van der Waals surface area contributed by atoms with Gasteiger partial charge in [0.2, 0.25) is 0 Å². The molecule has 0 amide bonds. The van der Waals surface area contributed by atoms with Crippen molar-refractivity contribution in [1.29, 1.82) is 0 Å². The van der Waals surface area contributed by atoms with Crippen LogP contribution in [0.1, 0.15) is 49.4 Å². The Kier molecular flexibility index (Phi) is 6.80. The average molecular weight is 357 g/mol. The number of ketones is 1. The molecule has 1 aromatic carbocycles. The van der Waals surface area contributed by atoms with E-state index in [2.05, 4.69) is 16.9 Å². The average Bonchev–Trinajstić information content (AvgIpc) is 3.10. The van der Waals surface area contributed by atoms with Crippen LogP contribution in [-0.4, -0.2) is 53.8 Å². The summed E-state index contributed by atoms with van der Waals surface area (Å²) in [6.45, 7) is 7.16. The Morgan fingerprint density at radius 1 is 1.31 bits per heavy atom. The van der Waals surface area contributed by atoms with Crippen LogP contribution in [0.4, 0.5) is 0 Å². The van der Waals surface area contributed by atoms with Gasteiger partial charge in [-0.3, -0.25) is 9.48 Å². The molecule has 0 aliphatic carbocycles. The first-order valence-electron chi connectivity index (χ1n) is 9.92. The van der Waals surface area contributed by atoms with Gasteiger partial charge in [0.05, 0.1) is 0 Å². The van der Waals surface area contributed by atoms with E-state index in [1.54, 1.807) is 7.11 Å². The van der Waals surface area contributed by atoms with Gasteiger partial charge >= 0.3 is 0 Å². The highest BCUT2D eigenvalue weighted by molar-refractivity contribution is 6.06. The Morgan fingerprint density at radius 2 is 2.12 bits per heavy atom. The van der Waals surface area contributed by atoms with E-state index in [4.69, 9.17) is 4.74 Å². The van der Waals surface area contributed by atoms with Crippen molar-refractivity contribution in [3.05, 3.63) is 30.0 Å². The van der Waals surface area contributed by atoms with Crippen LogP contribution < -0.4 is 0 Å². The summed E-state index contributed by atoms with van der Waals surface area (Å²) in [5.74, 6) is 0.907. The van der Waals surface area contributed by atoms with Gasteiger partial charge in [0.25, 0.3) is 0 Å². The predicted molar refractivity (Wildman–Crippen MR) is 105 cm³/mol. The highest BCUT2D eigenvalue weighted by Crippen LogP contribution is 2.25. The van der Waals surface area contributed by atoms with Crippen LogP contribution in [0.2, 0.25) is 0 Å². The van der Waals surface area contributed by atoms with E-state index in [1.807, 2.05) is 29.1 Å². The van der Waals surface area contributed by atoms with Crippen molar-refractivity contribution in [2.24, 2.45) is 5.92 Å². The van der Waals surface area contributed by atoms with Gasteiger partial charge in [-0.05, 0) is 57.7 Å². The summed E-state index contributed by atoms with van der Waals surface area (Å²) < 4.78 is 7.03. The van der Waals surface area contributed by atoms with Gasteiger partial charge in [-0.1, -0.05) is 12.1 Å². The van der Waals surface area contributed by atoms with E-state index in [-0.39, 0.29) is 5.78 Å². The number of benzene rings is 1. The normalized spacial score (nSPS) is 16.4. The number of piperidine rings is 1. The lowest BCUT2D eigenvalue weighted by atomic mass is 9.90. The maximum absolute atomic E-state index is 12.8. The SMILES string of the molecule is CCn1cc2cccc(C(=O)CCC3CCN(CCCOC)CC3)c2n1. The molecule has 1 aliphatic heterocycles. The Hall–Kier alpha value is -1.72. The molecule has 2 aromatic rings. The summed E-state index contributed by atoms with van der Waals surface area (Å²) in [5.41, 5.74) is 1.64. The molecule has 0 bridgehead atoms. The van der Waals surface area contributed by atoms with Gasteiger partial charge < -0.3 is 9.64 Å². The number of Topliss-reactive ketones (excluding diaryl/α,β-unsaturated/α-hetero) is 1. The standard InChI is InChI=1S/C21H31N3O2/c1-3-24-16-18-6-4-7-19(21(18)22-24)20(25)9-8-17-10-13-23(14-11-17)12-5-15-26-2/h4,6-7,16-17H,3,5,8-15H2,1-2H3. The lowest BCUT2D eigenvalue weighted by molar-refractivity contribution is 0.0961. The zero-order chi connectivity index (χ0) is 18.4. The van der Waals surface area contributed by atoms with Crippen LogP contribution in [0.25, 0.3) is 10.9 Å². The number of nitrogens with zero attached hydrogens (tertiary/aromatic N) is 3. The van der Waals surface area contributed by atoms with Gasteiger partial charge in [0.1, 0.15) is 5.52 Å². The third kappa shape index (κ3) is 4.71. The second kappa shape index (κ2) is 9.28. The number of aromatic nitrogens is 2. The van der Waals surface area contributed by atoms with E-state index in [9.17, 15) is 4.79 Å². The molecule has 0 saturated carbocycles. The molecule has 1 saturated heterocycles. The van der Waals surface area contributed by atoms with Crippen LogP contribution in [0, 0.1) is 5.92 Å². The van der Waals surface area contributed by atoms with Gasteiger partial charge in [-0.15, -0.1) is 0 Å². The first kappa shape index (κ1) is 19.1. The summed E-state index contributed by atoms with van der Waals surface area (Å²) >= 11 is 0. The zero-order valence-corrected chi connectivity index (χ0v) is 16.1. The lowest BCUT2D eigenvalue weighted by Gasteiger charge is -2.31. The second-order valence-electron chi connectivity index (χ2n) is 7.32. The third-order valence-electron chi connectivity index (χ3n) is 5.52. The number of aryl methyl sites for hydroxylation is 1. The van der Waals surface area contributed by atoms with Gasteiger partial charge in [-0.2, -0.15) is 5.10 Å². The van der Waals surface area contributed by atoms with E-state index in [1.165, 1.54) is 12.8 Å². The highest BCUT2D eigenvalue weighted by Gasteiger charge is 2.21. The molecule has 26 heavy (non-hydrogen) atoms. The molecule has 0 radical (unpaired) electrons. The van der Waals surface area contributed by atoms with Crippen LogP contribution >= 0.6 is 0 Å². The largest absolute Gasteiger partial charge is 0.385 e. The first-order chi connectivity index (χ1) is 12.7. The molecule has 2 heterocycles. The molecular formula is C21H31N3O2. The molecule has 1 aromatic heterocycles. The number of likely N-dealkylation sites (tertiary alicyclic amines) is 1. The van der Waals surface area contributed by atoms with Crippen molar-refractivity contribution in [2.75, 3.05) is 33.4 Å². The third-order valence-corrected chi connectivity index (χ3v) is 5.52. The molecule has 1 fully saturated rings. The number of carbonyl (C=O) groups excluding carboxylic acids is 1. The van der Waals surface area contributed by atoms with Crippen molar-refractivity contribution in [3.8, 4) is 0 Å². The molecule has 0 atom stereocenters. The summed E-state index contributed by atoms with van der Waals surface area (Å²) in [5, 5.41) is 5.63. The fourth-order valence-electron chi connectivity index (χ4n) is 3.88. The van der Waals surface area contributed by atoms with E-state index >= 15 is 0 Å². The Labute approximate surface area is 156 Å². The predicted octanol–water partition coefficient (Wildman–Crippen LogP) is 3.77.